The molecule has 1 atom stereocenters. The van der Waals surface area contributed by atoms with Crippen LogP contribution >= 0.6 is 15.9 Å². The van der Waals surface area contributed by atoms with Crippen molar-refractivity contribution in [2.45, 2.75) is 26.2 Å². The number of aliphatic carboxylic acids is 1. The lowest BCUT2D eigenvalue weighted by Crippen LogP contribution is -2.49. The molecule has 0 aliphatic carbocycles. The molecule has 1 unspecified atom stereocenters. The largest absolute Gasteiger partial charge is 0.507 e. The van der Waals surface area contributed by atoms with Crippen LogP contribution in [0.5, 0.6) is 5.75 Å². The fourth-order valence-electron chi connectivity index (χ4n) is 2.78. The fraction of sp³-hybridized carbons (Fsp3) is 0.467. The van der Waals surface area contributed by atoms with Gasteiger partial charge in [-0.25, -0.2) is 0 Å². The van der Waals surface area contributed by atoms with Gasteiger partial charge in [0.25, 0.3) is 5.91 Å². The number of hydrogen-bond donors (Lipinski definition) is 2. The maximum atomic E-state index is 12.5. The predicted molar refractivity (Wildman–Crippen MR) is 81.3 cm³/mol. The molecule has 1 aromatic rings. The molecule has 21 heavy (non-hydrogen) atoms. The fourth-order valence-corrected chi connectivity index (χ4v) is 3.12. The van der Waals surface area contributed by atoms with Crippen molar-refractivity contribution in [1.29, 1.82) is 0 Å². The first-order valence-electron chi connectivity index (χ1n) is 6.91. The van der Waals surface area contributed by atoms with E-state index in [1.54, 1.807) is 12.1 Å². The summed E-state index contributed by atoms with van der Waals surface area (Å²) < 4.78 is 0.684. The van der Waals surface area contributed by atoms with Crippen LogP contribution in [0.2, 0.25) is 0 Å². The zero-order valence-electron chi connectivity index (χ0n) is 11.8. The second kappa shape index (κ2) is 6.05. The second-order valence-electron chi connectivity index (χ2n) is 5.43. The van der Waals surface area contributed by atoms with Gasteiger partial charge in [0.05, 0.1) is 11.0 Å². The third-order valence-corrected chi connectivity index (χ3v) is 4.68. The minimum absolute atomic E-state index is 0.0997. The van der Waals surface area contributed by atoms with E-state index < -0.39 is 11.4 Å². The molecule has 2 N–H and O–H groups in total. The van der Waals surface area contributed by atoms with Crippen LogP contribution in [-0.2, 0) is 4.79 Å². The lowest BCUT2D eigenvalue weighted by molar-refractivity contribution is -0.152. The van der Waals surface area contributed by atoms with Crippen LogP contribution in [0.4, 0.5) is 0 Å². The molecular weight excluding hydrogens is 338 g/mol. The predicted octanol–water partition coefficient (Wildman–Crippen LogP) is 2.87. The van der Waals surface area contributed by atoms with Crippen molar-refractivity contribution < 1.29 is 19.8 Å². The monoisotopic (exact) mass is 355 g/mol. The van der Waals surface area contributed by atoms with Gasteiger partial charge in [-0.05, 0) is 37.5 Å². The van der Waals surface area contributed by atoms with E-state index in [2.05, 4.69) is 15.9 Å². The van der Waals surface area contributed by atoms with E-state index in [4.69, 9.17) is 0 Å². The molecule has 1 aliphatic heterocycles. The summed E-state index contributed by atoms with van der Waals surface area (Å²) >= 11 is 3.23. The Labute approximate surface area is 131 Å². The molecule has 6 heteroatoms. The molecular formula is C15H18BrNO4. The molecule has 1 amide bonds. The van der Waals surface area contributed by atoms with Gasteiger partial charge >= 0.3 is 5.97 Å². The van der Waals surface area contributed by atoms with Crippen molar-refractivity contribution in [3.63, 3.8) is 0 Å². The zero-order valence-corrected chi connectivity index (χ0v) is 13.4. The highest BCUT2D eigenvalue weighted by Crippen LogP contribution is 2.35. The number of carbonyl (C=O) groups is 2. The maximum absolute atomic E-state index is 12.5. The van der Waals surface area contributed by atoms with Crippen LogP contribution in [0.1, 0.15) is 36.5 Å². The van der Waals surface area contributed by atoms with Crippen molar-refractivity contribution in [2.75, 3.05) is 13.1 Å². The van der Waals surface area contributed by atoms with E-state index in [9.17, 15) is 19.8 Å². The minimum Gasteiger partial charge on any atom is -0.507 e. The zero-order chi connectivity index (χ0) is 15.6. The van der Waals surface area contributed by atoms with Gasteiger partial charge in [0.15, 0.2) is 0 Å². The Balaban J connectivity index is 2.25. The molecule has 5 nitrogen and oxygen atoms in total. The van der Waals surface area contributed by atoms with Gasteiger partial charge in [-0.15, -0.1) is 0 Å². The molecule has 0 saturated carbocycles. The van der Waals surface area contributed by atoms with Gasteiger partial charge in [-0.2, -0.15) is 0 Å². The van der Waals surface area contributed by atoms with Crippen molar-refractivity contribution in [1.82, 2.24) is 4.90 Å². The number of rotatable bonds is 3. The summed E-state index contributed by atoms with van der Waals surface area (Å²) in [6, 6.07) is 4.69. The Kier molecular flexibility index (Phi) is 4.56. The standard InChI is InChI=1S/C15H18BrNO4/c1-2-15(14(20)21)6-3-7-17(9-15)13(19)11-5-4-10(16)8-12(11)18/h4-5,8,18H,2-3,6-7,9H2,1H3,(H,20,21). The molecule has 1 aliphatic rings. The number of phenols is 1. The highest BCUT2D eigenvalue weighted by atomic mass is 79.9. The summed E-state index contributed by atoms with van der Waals surface area (Å²) in [5.74, 6) is -1.28. The number of amides is 1. The number of carboxylic acid groups (broad SMARTS) is 1. The lowest BCUT2D eigenvalue weighted by Gasteiger charge is -2.39. The number of phenolic OH excluding ortho intramolecular Hbond substituents is 1. The van der Waals surface area contributed by atoms with Crippen LogP contribution in [-0.4, -0.2) is 40.1 Å². The number of carbonyl (C=O) groups excluding carboxylic acids is 1. The number of benzene rings is 1. The first kappa shape index (κ1) is 15.8. The number of hydrogen-bond acceptors (Lipinski definition) is 3. The third kappa shape index (κ3) is 3.05. The molecule has 2 rings (SSSR count). The molecule has 0 radical (unpaired) electrons. The molecule has 1 heterocycles. The smallest absolute Gasteiger partial charge is 0.311 e. The van der Waals surface area contributed by atoms with Crippen molar-refractivity contribution >= 4 is 27.8 Å². The molecule has 0 bridgehead atoms. The van der Waals surface area contributed by atoms with Crippen molar-refractivity contribution in [3.05, 3.63) is 28.2 Å². The second-order valence-corrected chi connectivity index (χ2v) is 6.35. The molecule has 0 aromatic heterocycles. The Morgan fingerprint density at radius 2 is 2.14 bits per heavy atom. The maximum Gasteiger partial charge on any atom is 0.311 e. The summed E-state index contributed by atoms with van der Waals surface area (Å²) in [5.41, 5.74) is -0.672. The van der Waals surface area contributed by atoms with Crippen LogP contribution in [0.15, 0.2) is 22.7 Å². The topological polar surface area (TPSA) is 77.8 Å². The van der Waals surface area contributed by atoms with E-state index in [1.807, 2.05) is 6.92 Å². The van der Waals surface area contributed by atoms with Gasteiger partial charge in [0, 0.05) is 17.6 Å². The van der Waals surface area contributed by atoms with Gasteiger partial charge in [-0.3, -0.25) is 9.59 Å². The number of likely N-dealkylation sites (tertiary alicyclic amines) is 1. The summed E-state index contributed by atoms with van der Waals surface area (Å²) in [7, 11) is 0. The normalized spacial score (nSPS) is 22.1. The average Bonchev–Trinajstić information content (AvgIpc) is 2.46. The van der Waals surface area contributed by atoms with Crippen LogP contribution in [0.3, 0.4) is 0 Å². The molecule has 1 saturated heterocycles. The Morgan fingerprint density at radius 1 is 1.43 bits per heavy atom. The third-order valence-electron chi connectivity index (χ3n) is 4.18. The van der Waals surface area contributed by atoms with Crippen LogP contribution in [0, 0.1) is 5.41 Å². The quantitative estimate of drug-likeness (QED) is 0.873. The molecule has 1 fully saturated rings. The number of piperidine rings is 1. The van der Waals surface area contributed by atoms with Gasteiger partial charge < -0.3 is 15.1 Å². The average molecular weight is 356 g/mol. The lowest BCUT2D eigenvalue weighted by atomic mass is 9.77. The molecule has 1 aromatic carbocycles. The Hall–Kier alpha value is -1.56. The van der Waals surface area contributed by atoms with E-state index in [0.29, 0.717) is 30.3 Å². The van der Waals surface area contributed by atoms with Crippen molar-refractivity contribution in [3.8, 4) is 5.75 Å². The summed E-state index contributed by atoms with van der Waals surface area (Å²) in [6.07, 6.45) is 1.72. The number of halogens is 1. The molecule has 0 spiro atoms. The summed E-state index contributed by atoms with van der Waals surface area (Å²) in [6.45, 7) is 2.54. The van der Waals surface area contributed by atoms with E-state index in [-0.39, 0.29) is 23.8 Å². The first-order valence-corrected chi connectivity index (χ1v) is 7.70. The van der Waals surface area contributed by atoms with Crippen molar-refractivity contribution in [2.24, 2.45) is 5.41 Å². The number of nitrogens with zero attached hydrogens (tertiary/aromatic N) is 1. The van der Waals surface area contributed by atoms with Gasteiger partial charge in [0.1, 0.15) is 5.75 Å². The number of carboxylic acids is 1. The van der Waals surface area contributed by atoms with Gasteiger partial charge in [-0.1, -0.05) is 22.9 Å². The Morgan fingerprint density at radius 3 is 2.71 bits per heavy atom. The van der Waals surface area contributed by atoms with Crippen LogP contribution < -0.4 is 0 Å². The Bertz CT molecular complexity index is 575. The summed E-state index contributed by atoms with van der Waals surface area (Å²) in [4.78, 5) is 25.6. The van der Waals surface area contributed by atoms with Crippen LogP contribution in [0.25, 0.3) is 0 Å². The number of aromatic hydroxyl groups is 1. The summed E-state index contributed by atoms with van der Waals surface area (Å²) in [5, 5.41) is 19.4. The van der Waals surface area contributed by atoms with E-state index in [0.717, 1.165) is 0 Å². The molecule has 114 valence electrons. The minimum atomic E-state index is -0.876. The SMILES string of the molecule is CCC1(C(=O)O)CCCN(C(=O)c2ccc(Br)cc2O)C1. The van der Waals surface area contributed by atoms with E-state index >= 15 is 0 Å². The van der Waals surface area contributed by atoms with Gasteiger partial charge in [0.2, 0.25) is 0 Å². The highest BCUT2D eigenvalue weighted by molar-refractivity contribution is 9.10. The first-order chi connectivity index (χ1) is 9.89. The van der Waals surface area contributed by atoms with E-state index in [1.165, 1.54) is 11.0 Å². The highest BCUT2D eigenvalue weighted by Gasteiger charge is 2.42.